The molecule has 0 aliphatic rings. The van der Waals surface area contributed by atoms with Crippen molar-refractivity contribution in [3.63, 3.8) is 0 Å². The van der Waals surface area contributed by atoms with Crippen molar-refractivity contribution in [2.24, 2.45) is 0 Å². The molecule has 2 aromatic rings. The summed E-state index contributed by atoms with van der Waals surface area (Å²) in [6.45, 7) is 7.68. The lowest BCUT2D eigenvalue weighted by Gasteiger charge is -2.21. The predicted octanol–water partition coefficient (Wildman–Crippen LogP) is 1.65. The van der Waals surface area contributed by atoms with Crippen LogP contribution in [0.25, 0.3) is 0 Å². The second-order valence-electron chi connectivity index (χ2n) is 5.68. The molecule has 0 aromatic carbocycles. The maximum Gasteiger partial charge on any atom is 0.313 e. The Bertz CT molecular complexity index is 601. The van der Waals surface area contributed by atoms with Crippen molar-refractivity contribution in [3.05, 3.63) is 24.3 Å². The van der Waals surface area contributed by atoms with E-state index in [1.807, 2.05) is 6.20 Å². The van der Waals surface area contributed by atoms with Crippen LogP contribution in [0.3, 0.4) is 0 Å². The van der Waals surface area contributed by atoms with E-state index in [9.17, 15) is 4.79 Å². The first kappa shape index (κ1) is 15.6. The van der Waals surface area contributed by atoms with E-state index in [2.05, 4.69) is 40.6 Å². The molecule has 0 saturated heterocycles. The van der Waals surface area contributed by atoms with E-state index >= 15 is 0 Å². The van der Waals surface area contributed by atoms with Crippen molar-refractivity contribution in [1.29, 1.82) is 0 Å². The van der Waals surface area contributed by atoms with Crippen LogP contribution in [0.15, 0.2) is 23.7 Å². The summed E-state index contributed by atoms with van der Waals surface area (Å²) < 4.78 is 3.81. The number of aromatic nitrogens is 5. The topological polar surface area (TPSA) is 85.8 Å². The smallest absolute Gasteiger partial charge is 0.313 e. The summed E-state index contributed by atoms with van der Waals surface area (Å²) in [6, 6.07) is 0. The fourth-order valence-corrected chi connectivity index (χ4v) is 2.69. The van der Waals surface area contributed by atoms with E-state index in [0.717, 1.165) is 10.9 Å². The minimum absolute atomic E-state index is 0.00389. The van der Waals surface area contributed by atoms with Gasteiger partial charge in [-0.2, -0.15) is 0 Å². The second kappa shape index (κ2) is 6.30. The van der Waals surface area contributed by atoms with Gasteiger partial charge in [-0.15, -0.1) is 5.10 Å². The Hall–Kier alpha value is -1.83. The summed E-state index contributed by atoms with van der Waals surface area (Å²) in [7, 11) is 0. The molecule has 2 heterocycles. The van der Waals surface area contributed by atoms with Crippen LogP contribution in [0.4, 0.5) is 0 Å². The van der Waals surface area contributed by atoms with E-state index in [1.165, 1.54) is 11.8 Å². The fourth-order valence-electron chi connectivity index (χ4n) is 1.97. The number of carboxylic acid groups (broad SMARTS) is 1. The number of carbonyl (C=O) groups is 1. The van der Waals surface area contributed by atoms with Gasteiger partial charge < -0.3 is 9.67 Å². The van der Waals surface area contributed by atoms with Crippen molar-refractivity contribution >= 4 is 17.7 Å². The number of hydrogen-bond acceptors (Lipinski definition) is 5. The molecule has 0 aliphatic carbocycles. The monoisotopic (exact) mass is 309 g/mol. The van der Waals surface area contributed by atoms with Crippen LogP contribution in [-0.4, -0.2) is 41.4 Å². The lowest BCUT2D eigenvalue weighted by atomic mass is 9.92. The third kappa shape index (κ3) is 4.07. The van der Waals surface area contributed by atoms with Crippen molar-refractivity contribution in [2.75, 3.05) is 5.75 Å². The van der Waals surface area contributed by atoms with Gasteiger partial charge in [0, 0.05) is 30.0 Å². The predicted molar refractivity (Wildman–Crippen MR) is 79.3 cm³/mol. The highest BCUT2D eigenvalue weighted by Crippen LogP contribution is 2.27. The summed E-state index contributed by atoms with van der Waals surface area (Å²) in [6.07, 6.45) is 5.27. The number of thioether (sulfide) groups is 1. The van der Waals surface area contributed by atoms with E-state index < -0.39 is 5.97 Å². The quantitative estimate of drug-likeness (QED) is 0.817. The van der Waals surface area contributed by atoms with Gasteiger partial charge in [-0.25, -0.2) is 4.98 Å². The molecule has 0 unspecified atom stereocenters. The molecule has 1 N–H and O–H groups in total. The summed E-state index contributed by atoms with van der Waals surface area (Å²) >= 11 is 1.24. The average molecular weight is 309 g/mol. The lowest BCUT2D eigenvalue weighted by molar-refractivity contribution is -0.133. The van der Waals surface area contributed by atoms with Crippen LogP contribution in [-0.2, 0) is 23.3 Å². The minimum atomic E-state index is -0.844. The molecule has 0 bridgehead atoms. The van der Waals surface area contributed by atoms with Gasteiger partial charge in [0.15, 0.2) is 5.16 Å². The normalized spacial score (nSPS) is 11.8. The zero-order valence-corrected chi connectivity index (χ0v) is 13.2. The number of hydrogen-bond donors (Lipinski definition) is 1. The van der Waals surface area contributed by atoms with Gasteiger partial charge in [0.05, 0.1) is 18.5 Å². The number of aryl methyl sites for hydroxylation is 1. The van der Waals surface area contributed by atoms with E-state index in [1.54, 1.807) is 17.1 Å². The molecule has 0 saturated carbocycles. The first-order chi connectivity index (χ1) is 9.88. The summed E-state index contributed by atoms with van der Waals surface area (Å²) in [5, 5.41) is 17.3. The molecular weight excluding hydrogens is 290 g/mol. The molecule has 114 valence electrons. The molecule has 0 amide bonds. The summed E-state index contributed by atoms with van der Waals surface area (Å²) in [5.74, 6) is -0.840. The average Bonchev–Trinajstić information content (AvgIpc) is 3.02. The first-order valence-corrected chi connectivity index (χ1v) is 7.61. The third-order valence-electron chi connectivity index (χ3n) is 2.94. The van der Waals surface area contributed by atoms with Crippen LogP contribution >= 0.6 is 11.8 Å². The summed E-state index contributed by atoms with van der Waals surface area (Å²) in [4.78, 5) is 15.1. The second-order valence-corrected chi connectivity index (χ2v) is 6.62. The van der Waals surface area contributed by atoms with Crippen molar-refractivity contribution in [3.8, 4) is 0 Å². The number of nitrogens with zero attached hydrogens (tertiary/aromatic N) is 5. The van der Waals surface area contributed by atoms with Crippen LogP contribution in [0.2, 0.25) is 0 Å². The first-order valence-electron chi connectivity index (χ1n) is 6.62. The molecule has 0 radical (unpaired) electrons. The van der Waals surface area contributed by atoms with Gasteiger partial charge in [0.1, 0.15) is 0 Å². The van der Waals surface area contributed by atoms with Crippen molar-refractivity contribution in [1.82, 2.24) is 24.5 Å². The Morgan fingerprint density at radius 2 is 2.14 bits per heavy atom. The molecule has 0 atom stereocenters. The van der Waals surface area contributed by atoms with Gasteiger partial charge in [-0.05, 0) is 0 Å². The number of rotatable bonds is 6. The highest BCUT2D eigenvalue weighted by atomic mass is 32.2. The Kier molecular flexibility index (Phi) is 4.66. The third-order valence-corrected chi connectivity index (χ3v) is 3.91. The van der Waals surface area contributed by atoms with Crippen molar-refractivity contribution in [2.45, 2.75) is 44.4 Å². The molecule has 0 spiro atoms. The Morgan fingerprint density at radius 3 is 2.71 bits per heavy atom. The van der Waals surface area contributed by atoms with Gasteiger partial charge in [-0.3, -0.25) is 9.48 Å². The molecule has 21 heavy (non-hydrogen) atoms. The van der Waals surface area contributed by atoms with Gasteiger partial charge in [0.25, 0.3) is 0 Å². The molecule has 8 heteroatoms. The lowest BCUT2D eigenvalue weighted by Crippen LogP contribution is -2.20. The number of carboxylic acids is 1. The summed E-state index contributed by atoms with van der Waals surface area (Å²) in [5.41, 5.74) is 1.02. The maximum absolute atomic E-state index is 10.8. The minimum Gasteiger partial charge on any atom is -0.481 e. The van der Waals surface area contributed by atoms with E-state index in [4.69, 9.17) is 5.11 Å². The molecule has 2 aromatic heterocycles. The van der Waals surface area contributed by atoms with Gasteiger partial charge in [0.2, 0.25) is 0 Å². The number of aliphatic carboxylic acids is 1. The Balaban J connectivity index is 2.20. The molecule has 0 aliphatic heterocycles. The van der Waals surface area contributed by atoms with Crippen molar-refractivity contribution < 1.29 is 9.90 Å². The molecular formula is C13H19N5O2S. The van der Waals surface area contributed by atoms with Gasteiger partial charge >= 0.3 is 5.97 Å². The fraction of sp³-hybridized carbons (Fsp3) is 0.538. The highest BCUT2D eigenvalue weighted by Gasteiger charge is 2.22. The standard InChI is InChI=1S/C13H19N5O2S/c1-13(2,3)10-8-14-12(21-9-11(19)20)18(10)7-6-17-5-4-15-16-17/h4-5,8H,6-7,9H2,1-3H3,(H,19,20). The SMILES string of the molecule is CC(C)(C)c1cnc(SCC(=O)O)n1CCn1ccnn1. The van der Waals surface area contributed by atoms with E-state index in [-0.39, 0.29) is 11.2 Å². The molecule has 2 rings (SSSR count). The van der Waals surface area contributed by atoms with Crippen LogP contribution in [0, 0.1) is 0 Å². The van der Waals surface area contributed by atoms with Crippen LogP contribution in [0.5, 0.6) is 0 Å². The zero-order valence-electron chi connectivity index (χ0n) is 12.4. The maximum atomic E-state index is 10.8. The number of imidazole rings is 1. The molecule has 7 nitrogen and oxygen atoms in total. The highest BCUT2D eigenvalue weighted by molar-refractivity contribution is 7.99. The van der Waals surface area contributed by atoms with Crippen LogP contribution < -0.4 is 0 Å². The molecule has 0 fully saturated rings. The zero-order chi connectivity index (χ0) is 15.5. The Morgan fingerprint density at radius 1 is 1.38 bits per heavy atom. The van der Waals surface area contributed by atoms with Gasteiger partial charge in [-0.1, -0.05) is 37.7 Å². The Labute approximate surface area is 127 Å². The largest absolute Gasteiger partial charge is 0.481 e. The van der Waals surface area contributed by atoms with Crippen LogP contribution in [0.1, 0.15) is 26.5 Å². The van der Waals surface area contributed by atoms with E-state index in [0.29, 0.717) is 13.1 Å².